The zero-order valence-corrected chi connectivity index (χ0v) is 12.2. The number of nitrogens with zero attached hydrogens (tertiary/aromatic N) is 1. The van der Waals surface area contributed by atoms with Crippen LogP contribution in [0.3, 0.4) is 0 Å². The summed E-state index contributed by atoms with van der Waals surface area (Å²) in [5.74, 6) is -2.71. The molecular weight excluding hydrogens is 270 g/mol. The molecule has 0 spiro atoms. The Balaban J connectivity index is 2.24. The third kappa shape index (κ3) is 3.12. The molecule has 1 amide bonds. The highest BCUT2D eigenvalue weighted by Gasteiger charge is 2.48. The summed E-state index contributed by atoms with van der Waals surface area (Å²) in [6, 6.07) is 9.21. The first-order valence-corrected chi connectivity index (χ1v) is 6.98. The van der Waals surface area contributed by atoms with E-state index < -0.39 is 17.8 Å². The Hall–Kier alpha value is -2.17. The van der Waals surface area contributed by atoms with Crippen molar-refractivity contribution in [3.63, 3.8) is 0 Å². The molecule has 5 nitrogen and oxygen atoms in total. The summed E-state index contributed by atoms with van der Waals surface area (Å²) in [5.41, 5.74) is 0.968. The second-order valence-corrected chi connectivity index (χ2v) is 5.53. The lowest BCUT2D eigenvalue weighted by atomic mass is 9.85. The van der Waals surface area contributed by atoms with Gasteiger partial charge in [-0.25, -0.2) is 0 Å². The number of benzene rings is 1. The van der Waals surface area contributed by atoms with E-state index in [0.717, 1.165) is 5.56 Å². The number of carbonyl (C=O) groups excluding carboxylic acids is 2. The predicted octanol–water partition coefficient (Wildman–Crippen LogP) is 1.71. The maximum Gasteiger partial charge on any atom is 0.304 e. The largest absolute Gasteiger partial charge is 0.481 e. The van der Waals surface area contributed by atoms with Gasteiger partial charge in [-0.2, -0.15) is 0 Å². The number of amides is 1. The lowest BCUT2D eigenvalue weighted by molar-refractivity contribution is -0.143. The normalized spacial score (nSPS) is 25.1. The monoisotopic (exact) mass is 289 g/mol. The van der Waals surface area contributed by atoms with Gasteiger partial charge < -0.3 is 10.0 Å². The molecule has 0 unspecified atom stereocenters. The number of carbonyl (C=O) groups is 3. The average molecular weight is 289 g/mol. The van der Waals surface area contributed by atoms with Crippen molar-refractivity contribution in [2.45, 2.75) is 32.9 Å². The fourth-order valence-corrected chi connectivity index (χ4v) is 3.12. The van der Waals surface area contributed by atoms with E-state index in [9.17, 15) is 14.4 Å². The summed E-state index contributed by atoms with van der Waals surface area (Å²) in [4.78, 5) is 36.9. The fourth-order valence-electron chi connectivity index (χ4n) is 3.12. The molecule has 1 aliphatic heterocycles. The van der Waals surface area contributed by atoms with Gasteiger partial charge in [0.25, 0.3) is 0 Å². The summed E-state index contributed by atoms with van der Waals surface area (Å²) >= 11 is 0. The SMILES string of the molecule is CC(=O)[C@H]1[C@@H](C)N(Cc2ccccc2)C(=O)[C@@H]1CC(=O)O. The lowest BCUT2D eigenvalue weighted by Crippen LogP contribution is -2.33. The number of rotatable bonds is 5. The van der Waals surface area contributed by atoms with E-state index in [0.29, 0.717) is 6.54 Å². The Kier molecular flexibility index (Phi) is 4.40. The van der Waals surface area contributed by atoms with Crippen molar-refractivity contribution in [3.8, 4) is 0 Å². The van der Waals surface area contributed by atoms with Gasteiger partial charge in [-0.05, 0) is 19.4 Å². The highest BCUT2D eigenvalue weighted by Crippen LogP contribution is 2.35. The number of likely N-dealkylation sites (tertiary alicyclic amines) is 1. The third-order valence-corrected chi connectivity index (χ3v) is 4.10. The number of aliphatic carboxylic acids is 1. The van der Waals surface area contributed by atoms with Gasteiger partial charge in [0.05, 0.1) is 12.3 Å². The molecule has 0 saturated carbocycles. The van der Waals surface area contributed by atoms with Crippen LogP contribution in [0.1, 0.15) is 25.8 Å². The maximum atomic E-state index is 12.5. The lowest BCUT2D eigenvalue weighted by Gasteiger charge is -2.23. The number of ketones is 1. The number of hydrogen-bond acceptors (Lipinski definition) is 3. The Morgan fingerprint density at radius 3 is 2.38 bits per heavy atom. The van der Waals surface area contributed by atoms with Gasteiger partial charge in [0.2, 0.25) is 5.91 Å². The molecule has 0 aliphatic carbocycles. The van der Waals surface area contributed by atoms with E-state index in [1.54, 1.807) is 4.90 Å². The molecule has 21 heavy (non-hydrogen) atoms. The summed E-state index contributed by atoms with van der Waals surface area (Å²) in [7, 11) is 0. The first kappa shape index (κ1) is 15.2. The third-order valence-electron chi connectivity index (χ3n) is 4.10. The Morgan fingerprint density at radius 1 is 1.24 bits per heavy atom. The van der Waals surface area contributed by atoms with Gasteiger partial charge in [-0.3, -0.25) is 14.4 Å². The van der Waals surface area contributed by atoms with Crippen LogP contribution in [0.2, 0.25) is 0 Å². The Bertz CT molecular complexity index is 555. The first-order valence-electron chi connectivity index (χ1n) is 6.98. The van der Waals surface area contributed by atoms with Crippen LogP contribution < -0.4 is 0 Å². The van der Waals surface area contributed by atoms with Crippen LogP contribution in [0, 0.1) is 11.8 Å². The van der Waals surface area contributed by atoms with Crippen molar-refractivity contribution in [1.82, 2.24) is 4.90 Å². The van der Waals surface area contributed by atoms with Crippen molar-refractivity contribution < 1.29 is 19.5 Å². The van der Waals surface area contributed by atoms with Crippen molar-refractivity contribution in [2.24, 2.45) is 11.8 Å². The molecule has 1 saturated heterocycles. The summed E-state index contributed by atoms with van der Waals surface area (Å²) in [5, 5.41) is 8.97. The fraction of sp³-hybridized carbons (Fsp3) is 0.438. The molecule has 0 aromatic heterocycles. The summed E-state index contributed by atoms with van der Waals surface area (Å²) in [6.07, 6.45) is -0.293. The van der Waals surface area contributed by atoms with Crippen LogP contribution in [0.25, 0.3) is 0 Å². The van der Waals surface area contributed by atoms with E-state index in [1.165, 1.54) is 6.92 Å². The number of Topliss-reactive ketones (excluding diaryl/α,β-unsaturated/α-hetero) is 1. The van der Waals surface area contributed by atoms with Crippen LogP contribution >= 0.6 is 0 Å². The van der Waals surface area contributed by atoms with Crippen LogP contribution in [0.5, 0.6) is 0 Å². The maximum absolute atomic E-state index is 12.5. The highest BCUT2D eigenvalue weighted by atomic mass is 16.4. The molecule has 1 aromatic rings. The molecule has 5 heteroatoms. The molecule has 1 fully saturated rings. The van der Waals surface area contributed by atoms with Gasteiger partial charge in [0.1, 0.15) is 5.78 Å². The molecule has 3 atom stereocenters. The van der Waals surface area contributed by atoms with Gasteiger partial charge in [0.15, 0.2) is 0 Å². The molecule has 2 rings (SSSR count). The predicted molar refractivity (Wildman–Crippen MR) is 76.4 cm³/mol. The summed E-state index contributed by atoms with van der Waals surface area (Å²) < 4.78 is 0. The molecule has 112 valence electrons. The van der Waals surface area contributed by atoms with Crippen molar-refractivity contribution in [2.75, 3.05) is 0 Å². The molecule has 0 bridgehead atoms. The van der Waals surface area contributed by atoms with Gasteiger partial charge in [-0.15, -0.1) is 0 Å². The second kappa shape index (κ2) is 6.08. The quantitative estimate of drug-likeness (QED) is 0.895. The smallest absolute Gasteiger partial charge is 0.304 e. The topological polar surface area (TPSA) is 74.7 Å². The van der Waals surface area contributed by atoms with Gasteiger partial charge in [-0.1, -0.05) is 30.3 Å². The molecule has 1 aliphatic rings. The zero-order chi connectivity index (χ0) is 15.6. The van der Waals surface area contributed by atoms with Crippen LogP contribution in [-0.4, -0.2) is 33.7 Å². The number of carboxylic acids is 1. The van der Waals surface area contributed by atoms with Crippen LogP contribution in [0.4, 0.5) is 0 Å². The molecular formula is C16H19NO4. The Morgan fingerprint density at radius 2 is 1.86 bits per heavy atom. The van der Waals surface area contributed by atoms with Crippen molar-refractivity contribution in [1.29, 1.82) is 0 Å². The zero-order valence-electron chi connectivity index (χ0n) is 12.2. The van der Waals surface area contributed by atoms with Crippen molar-refractivity contribution in [3.05, 3.63) is 35.9 Å². The van der Waals surface area contributed by atoms with Crippen LogP contribution in [0.15, 0.2) is 30.3 Å². The first-order chi connectivity index (χ1) is 9.91. The molecule has 1 aromatic carbocycles. The molecule has 1 N–H and O–H groups in total. The van der Waals surface area contributed by atoms with E-state index >= 15 is 0 Å². The Labute approximate surface area is 123 Å². The number of carboxylic acid groups (broad SMARTS) is 1. The minimum Gasteiger partial charge on any atom is -0.481 e. The van der Waals surface area contributed by atoms with Crippen LogP contribution in [-0.2, 0) is 20.9 Å². The number of hydrogen-bond donors (Lipinski definition) is 1. The van der Waals surface area contributed by atoms with E-state index in [-0.39, 0.29) is 24.2 Å². The van der Waals surface area contributed by atoms with E-state index in [4.69, 9.17) is 5.11 Å². The van der Waals surface area contributed by atoms with E-state index in [2.05, 4.69) is 0 Å². The molecule has 0 radical (unpaired) electrons. The molecule has 1 heterocycles. The van der Waals surface area contributed by atoms with E-state index in [1.807, 2.05) is 37.3 Å². The van der Waals surface area contributed by atoms with Gasteiger partial charge in [0, 0.05) is 18.5 Å². The van der Waals surface area contributed by atoms with Gasteiger partial charge >= 0.3 is 5.97 Å². The minimum absolute atomic E-state index is 0.127. The second-order valence-electron chi connectivity index (χ2n) is 5.53. The summed E-state index contributed by atoms with van der Waals surface area (Å²) in [6.45, 7) is 3.64. The minimum atomic E-state index is -1.05. The van der Waals surface area contributed by atoms with Crippen molar-refractivity contribution >= 4 is 17.7 Å². The average Bonchev–Trinajstić information content (AvgIpc) is 2.64. The standard InChI is InChI=1S/C16H19NO4/c1-10-15(11(2)18)13(8-14(19)20)16(21)17(10)9-12-6-4-3-5-7-12/h3-7,10,13,15H,8-9H2,1-2H3,(H,19,20)/t10-,13-,15-/m1/s1. The highest BCUT2D eigenvalue weighted by molar-refractivity contribution is 5.93.